The maximum absolute atomic E-state index is 12.7. The number of nitro groups is 1. The van der Waals surface area contributed by atoms with Crippen molar-refractivity contribution in [3.63, 3.8) is 0 Å². The summed E-state index contributed by atoms with van der Waals surface area (Å²) in [6.45, 7) is 0. The second kappa shape index (κ2) is 5.24. The highest BCUT2D eigenvalue weighted by Crippen LogP contribution is 2.41. The van der Waals surface area contributed by atoms with Gasteiger partial charge in [-0.15, -0.1) is 13.2 Å². The highest BCUT2D eigenvalue weighted by atomic mass is 32.2. The van der Waals surface area contributed by atoms with Crippen LogP contribution in [0.4, 0.5) is 32.2 Å². The molecular weight excluding hydrogens is 352 g/mol. The lowest BCUT2D eigenvalue weighted by molar-refractivity contribution is -0.393. The largest absolute Gasteiger partial charge is 0.575 e. The molecule has 0 aliphatic rings. The van der Waals surface area contributed by atoms with E-state index in [1.807, 2.05) is 0 Å². The zero-order chi connectivity index (χ0) is 17.5. The zero-order valence-corrected chi connectivity index (χ0v) is 10.6. The number of hydrogen-bond acceptors (Lipinski definition) is 6. The summed E-state index contributed by atoms with van der Waals surface area (Å²) >= 11 is 0. The number of ether oxygens (including phenoxy) is 1. The molecule has 1 rings (SSSR count). The molecule has 0 aliphatic heterocycles. The Morgan fingerprint density at radius 1 is 1.23 bits per heavy atom. The number of halogens is 6. The lowest BCUT2D eigenvalue weighted by atomic mass is 10.2. The first-order valence-corrected chi connectivity index (χ1v) is 6.22. The molecule has 1 heterocycles. The van der Waals surface area contributed by atoms with Gasteiger partial charge < -0.3 is 14.9 Å². The van der Waals surface area contributed by atoms with Gasteiger partial charge in [-0.3, -0.25) is 0 Å². The molecule has 2 N–H and O–H groups in total. The van der Waals surface area contributed by atoms with E-state index in [-0.39, 0.29) is 6.07 Å². The molecule has 0 spiro atoms. The molecule has 22 heavy (non-hydrogen) atoms. The van der Waals surface area contributed by atoms with Crippen LogP contribution in [0.5, 0.6) is 5.88 Å². The summed E-state index contributed by atoms with van der Waals surface area (Å²) in [5, 5.41) is 15.0. The summed E-state index contributed by atoms with van der Waals surface area (Å²) in [5.74, 6) is -3.98. The van der Waals surface area contributed by atoms with E-state index in [1.54, 1.807) is 0 Å². The van der Waals surface area contributed by atoms with Crippen LogP contribution in [0.15, 0.2) is 11.0 Å². The molecule has 124 valence electrons. The van der Waals surface area contributed by atoms with Crippen molar-refractivity contribution in [2.75, 3.05) is 0 Å². The number of nitrogens with two attached hydrogens (primary N) is 1. The second-order valence-electron chi connectivity index (χ2n) is 3.50. The van der Waals surface area contributed by atoms with Crippen molar-refractivity contribution in [1.82, 2.24) is 4.98 Å². The van der Waals surface area contributed by atoms with E-state index >= 15 is 0 Å². The highest BCUT2D eigenvalue weighted by molar-refractivity contribution is 7.89. The van der Waals surface area contributed by atoms with E-state index in [9.17, 15) is 44.9 Å². The smallest absolute Gasteiger partial charge is 0.366 e. The molecule has 0 saturated heterocycles. The third-order valence-corrected chi connectivity index (χ3v) is 2.86. The average molecular weight is 355 g/mol. The maximum atomic E-state index is 12.7. The lowest BCUT2D eigenvalue weighted by Gasteiger charge is -2.12. The Kier molecular flexibility index (Phi) is 4.26. The first-order chi connectivity index (χ1) is 9.63. The van der Waals surface area contributed by atoms with E-state index in [0.29, 0.717) is 0 Å². The summed E-state index contributed by atoms with van der Waals surface area (Å²) in [6, 6.07) is -0.307. The number of nitrogens with zero attached hydrogens (tertiary/aromatic N) is 2. The van der Waals surface area contributed by atoms with E-state index in [1.165, 1.54) is 0 Å². The standard InChI is InChI=1S/C7H3F6N3O5S/c8-6(9,10)4-2(22(14,19)20)1-3(21-7(11,12)13)15-5(4)16(17)18/h1H,(H2,14,19,20). The molecule has 0 amide bonds. The predicted molar refractivity (Wildman–Crippen MR) is 53.9 cm³/mol. The van der Waals surface area contributed by atoms with Crippen LogP contribution >= 0.6 is 0 Å². The monoisotopic (exact) mass is 355 g/mol. The first-order valence-electron chi connectivity index (χ1n) is 4.68. The van der Waals surface area contributed by atoms with Gasteiger partial charge in [-0.25, -0.2) is 13.6 Å². The Balaban J connectivity index is 3.81. The molecule has 0 aromatic carbocycles. The molecule has 0 fully saturated rings. The summed E-state index contributed by atoms with van der Waals surface area (Å²) < 4.78 is 99.5. The van der Waals surface area contributed by atoms with Crippen LogP contribution in [-0.4, -0.2) is 24.7 Å². The molecule has 8 nitrogen and oxygen atoms in total. The molecule has 0 radical (unpaired) electrons. The fourth-order valence-electron chi connectivity index (χ4n) is 1.28. The Morgan fingerprint density at radius 3 is 2.05 bits per heavy atom. The van der Waals surface area contributed by atoms with Crippen molar-refractivity contribution in [3.8, 4) is 5.88 Å². The topological polar surface area (TPSA) is 125 Å². The lowest BCUT2D eigenvalue weighted by Crippen LogP contribution is -2.23. The number of primary sulfonamides is 1. The minimum atomic E-state index is -5.62. The van der Waals surface area contributed by atoms with Crippen LogP contribution in [0, 0.1) is 10.1 Å². The number of hydrogen-bond donors (Lipinski definition) is 1. The van der Waals surface area contributed by atoms with E-state index in [2.05, 4.69) is 14.9 Å². The number of sulfonamides is 1. The van der Waals surface area contributed by atoms with Gasteiger partial charge in [-0.05, 0) is 4.92 Å². The van der Waals surface area contributed by atoms with Crippen molar-refractivity contribution in [3.05, 3.63) is 21.7 Å². The van der Waals surface area contributed by atoms with Crippen LogP contribution in [-0.2, 0) is 16.2 Å². The van der Waals surface area contributed by atoms with Crippen LogP contribution in [0.1, 0.15) is 5.56 Å². The molecule has 1 aromatic heterocycles. The third kappa shape index (κ3) is 4.17. The van der Waals surface area contributed by atoms with Crippen LogP contribution < -0.4 is 9.88 Å². The SMILES string of the molecule is NS(=O)(=O)c1cc(OC(F)(F)F)nc([N+](=O)[O-])c1C(F)(F)F. The van der Waals surface area contributed by atoms with Crippen LogP contribution in [0.2, 0.25) is 0 Å². The van der Waals surface area contributed by atoms with Gasteiger partial charge >= 0.3 is 24.2 Å². The highest BCUT2D eigenvalue weighted by Gasteiger charge is 2.47. The first kappa shape index (κ1) is 17.9. The van der Waals surface area contributed by atoms with Crippen molar-refractivity contribution in [1.29, 1.82) is 0 Å². The third-order valence-electron chi connectivity index (χ3n) is 1.92. The number of alkyl halides is 6. The molecule has 0 atom stereocenters. The zero-order valence-electron chi connectivity index (χ0n) is 9.77. The van der Waals surface area contributed by atoms with Gasteiger partial charge in [-0.1, -0.05) is 0 Å². The van der Waals surface area contributed by atoms with Gasteiger partial charge in [0.2, 0.25) is 10.0 Å². The number of pyridine rings is 1. The molecule has 0 unspecified atom stereocenters. The van der Waals surface area contributed by atoms with E-state index < -0.39 is 49.6 Å². The minimum absolute atomic E-state index is 0.307. The van der Waals surface area contributed by atoms with Crippen molar-refractivity contribution in [2.45, 2.75) is 17.4 Å². The van der Waals surface area contributed by atoms with Gasteiger partial charge in [0.15, 0.2) is 5.56 Å². The fourth-order valence-corrected chi connectivity index (χ4v) is 2.04. The molecule has 0 aliphatic carbocycles. The number of aromatic nitrogens is 1. The van der Waals surface area contributed by atoms with Crippen molar-refractivity contribution in [2.24, 2.45) is 5.14 Å². The molecule has 0 bridgehead atoms. The Bertz CT molecular complexity index is 713. The van der Waals surface area contributed by atoms with Gasteiger partial charge in [0.05, 0.1) is 0 Å². The fraction of sp³-hybridized carbons (Fsp3) is 0.286. The number of rotatable bonds is 3. The maximum Gasteiger partial charge on any atom is 0.575 e. The van der Waals surface area contributed by atoms with Gasteiger partial charge in [0.1, 0.15) is 4.90 Å². The molecule has 1 aromatic rings. The average Bonchev–Trinajstić information content (AvgIpc) is 2.22. The summed E-state index contributed by atoms with van der Waals surface area (Å²) in [5.41, 5.74) is -2.41. The van der Waals surface area contributed by atoms with Crippen molar-refractivity contribution >= 4 is 15.8 Å². The summed E-state index contributed by atoms with van der Waals surface area (Å²) in [6.07, 6.45) is -11.1. The quantitative estimate of drug-likeness (QED) is 0.498. The van der Waals surface area contributed by atoms with Gasteiger partial charge in [0, 0.05) is 11.1 Å². The molecule has 0 saturated carbocycles. The van der Waals surface area contributed by atoms with E-state index in [4.69, 9.17) is 0 Å². The van der Waals surface area contributed by atoms with E-state index in [0.717, 1.165) is 0 Å². The van der Waals surface area contributed by atoms with Gasteiger partial charge in [-0.2, -0.15) is 13.2 Å². The normalized spacial score (nSPS) is 13.0. The van der Waals surface area contributed by atoms with Crippen LogP contribution in [0.3, 0.4) is 0 Å². The van der Waals surface area contributed by atoms with Crippen molar-refractivity contribution < 1.29 is 44.4 Å². The Morgan fingerprint density at radius 2 is 1.73 bits per heavy atom. The summed E-state index contributed by atoms with van der Waals surface area (Å²) in [7, 11) is -5.26. The Labute approximate surface area is 116 Å². The van der Waals surface area contributed by atoms with Gasteiger partial charge in [0.25, 0.3) is 0 Å². The Hall–Kier alpha value is -2.16. The minimum Gasteiger partial charge on any atom is -0.366 e. The predicted octanol–water partition coefficient (Wildman–Crippen LogP) is 1.55. The molecule has 15 heteroatoms. The van der Waals surface area contributed by atoms with Crippen LogP contribution in [0.25, 0.3) is 0 Å². The summed E-state index contributed by atoms with van der Waals surface area (Å²) in [4.78, 5) is 9.16. The molecular formula is C7H3F6N3O5S. The second-order valence-corrected chi connectivity index (χ2v) is 5.03.